The zero-order chi connectivity index (χ0) is 12.4. The minimum absolute atomic E-state index is 0.412. The highest BCUT2D eigenvalue weighted by molar-refractivity contribution is 9.10. The quantitative estimate of drug-likeness (QED) is 0.892. The molecular weight excluding hydrogens is 325 g/mol. The van der Waals surface area contributed by atoms with Gasteiger partial charge in [-0.05, 0) is 45.8 Å². The molecule has 1 atom stereocenters. The van der Waals surface area contributed by atoms with Gasteiger partial charge in [0.25, 0.3) is 0 Å². The molecular formula is C12H8BrCl2NO. The molecule has 0 aliphatic heterocycles. The van der Waals surface area contributed by atoms with E-state index in [4.69, 9.17) is 23.2 Å². The van der Waals surface area contributed by atoms with Gasteiger partial charge in [-0.1, -0.05) is 29.3 Å². The fourth-order valence-electron chi connectivity index (χ4n) is 1.44. The Bertz CT molecular complexity index is 548. The van der Waals surface area contributed by atoms with Crippen LogP contribution in [-0.2, 0) is 0 Å². The Kier molecular flexibility index (Phi) is 4.05. The zero-order valence-electron chi connectivity index (χ0n) is 8.57. The van der Waals surface area contributed by atoms with Gasteiger partial charge >= 0.3 is 0 Å². The van der Waals surface area contributed by atoms with Crippen molar-refractivity contribution in [2.24, 2.45) is 0 Å². The highest BCUT2D eigenvalue weighted by atomic mass is 79.9. The number of aromatic nitrogens is 1. The number of hydrogen-bond donors (Lipinski definition) is 1. The van der Waals surface area contributed by atoms with E-state index in [2.05, 4.69) is 20.9 Å². The molecule has 88 valence electrons. The maximum Gasteiger partial charge on any atom is 0.122 e. The van der Waals surface area contributed by atoms with Crippen molar-refractivity contribution >= 4 is 39.1 Å². The summed E-state index contributed by atoms with van der Waals surface area (Å²) in [5.74, 6) is 0. The van der Waals surface area contributed by atoms with E-state index in [9.17, 15) is 5.11 Å². The lowest BCUT2D eigenvalue weighted by molar-refractivity contribution is 0.214. The van der Waals surface area contributed by atoms with Gasteiger partial charge in [0.05, 0.1) is 15.7 Å². The first-order valence-corrected chi connectivity index (χ1v) is 6.38. The van der Waals surface area contributed by atoms with Gasteiger partial charge in [0.2, 0.25) is 0 Å². The van der Waals surface area contributed by atoms with Crippen molar-refractivity contribution in [3.05, 3.63) is 62.3 Å². The highest BCUT2D eigenvalue weighted by Crippen LogP contribution is 2.30. The largest absolute Gasteiger partial charge is 0.382 e. The van der Waals surface area contributed by atoms with E-state index in [1.54, 1.807) is 30.5 Å². The summed E-state index contributed by atoms with van der Waals surface area (Å²) in [6, 6.07) is 8.62. The van der Waals surface area contributed by atoms with Crippen LogP contribution in [0.5, 0.6) is 0 Å². The lowest BCUT2D eigenvalue weighted by atomic mass is 10.1. The molecule has 0 spiro atoms. The average molecular weight is 333 g/mol. The van der Waals surface area contributed by atoms with E-state index in [0.29, 0.717) is 21.3 Å². The van der Waals surface area contributed by atoms with Crippen LogP contribution in [0.4, 0.5) is 0 Å². The van der Waals surface area contributed by atoms with Crippen molar-refractivity contribution in [1.82, 2.24) is 4.98 Å². The number of rotatable bonds is 2. The molecule has 0 saturated heterocycles. The Morgan fingerprint density at radius 3 is 2.59 bits per heavy atom. The molecule has 0 bridgehead atoms. The molecule has 5 heteroatoms. The van der Waals surface area contributed by atoms with Gasteiger partial charge in [-0.15, -0.1) is 0 Å². The van der Waals surface area contributed by atoms with Crippen molar-refractivity contribution in [3.63, 3.8) is 0 Å². The number of halogens is 3. The van der Waals surface area contributed by atoms with Crippen LogP contribution in [0.1, 0.15) is 17.4 Å². The van der Waals surface area contributed by atoms with E-state index in [-0.39, 0.29) is 0 Å². The smallest absolute Gasteiger partial charge is 0.122 e. The van der Waals surface area contributed by atoms with Crippen molar-refractivity contribution < 1.29 is 5.11 Å². The van der Waals surface area contributed by atoms with Crippen LogP contribution in [0.3, 0.4) is 0 Å². The van der Waals surface area contributed by atoms with E-state index < -0.39 is 6.10 Å². The van der Waals surface area contributed by atoms with Gasteiger partial charge in [0, 0.05) is 10.7 Å². The second-order valence-corrected chi connectivity index (χ2v) is 5.12. The van der Waals surface area contributed by atoms with Crippen molar-refractivity contribution in [2.75, 3.05) is 0 Å². The van der Waals surface area contributed by atoms with Crippen LogP contribution < -0.4 is 0 Å². The Labute approximate surface area is 117 Å². The standard InChI is InChI=1S/C12H8BrCl2NO/c13-8-2-1-5-16-11(8)12(17)7-3-4-9(14)10(15)6-7/h1-6,12,17H. The predicted octanol–water partition coefficient (Wildman–Crippen LogP) is 4.23. The first-order chi connectivity index (χ1) is 8.09. The topological polar surface area (TPSA) is 33.1 Å². The van der Waals surface area contributed by atoms with Crippen LogP contribution in [0.25, 0.3) is 0 Å². The summed E-state index contributed by atoms with van der Waals surface area (Å²) in [5, 5.41) is 11.1. The monoisotopic (exact) mass is 331 g/mol. The van der Waals surface area contributed by atoms with Crippen molar-refractivity contribution in [2.45, 2.75) is 6.10 Å². The molecule has 2 nitrogen and oxygen atoms in total. The number of aliphatic hydroxyl groups excluding tert-OH is 1. The SMILES string of the molecule is OC(c1ccc(Cl)c(Cl)c1)c1ncccc1Br. The first-order valence-electron chi connectivity index (χ1n) is 4.83. The summed E-state index contributed by atoms with van der Waals surface area (Å²) in [6.45, 7) is 0. The number of pyridine rings is 1. The Morgan fingerprint density at radius 2 is 1.94 bits per heavy atom. The van der Waals surface area contributed by atoms with Crippen LogP contribution in [0.2, 0.25) is 10.0 Å². The molecule has 1 unspecified atom stereocenters. The Hall–Kier alpha value is -0.610. The molecule has 1 heterocycles. The Morgan fingerprint density at radius 1 is 1.18 bits per heavy atom. The van der Waals surface area contributed by atoms with E-state index in [1.165, 1.54) is 0 Å². The molecule has 0 radical (unpaired) electrons. The normalized spacial score (nSPS) is 12.5. The summed E-state index contributed by atoms with van der Waals surface area (Å²) >= 11 is 15.1. The zero-order valence-corrected chi connectivity index (χ0v) is 11.7. The fraction of sp³-hybridized carbons (Fsp3) is 0.0833. The predicted molar refractivity (Wildman–Crippen MR) is 72.5 cm³/mol. The number of nitrogens with zero attached hydrogens (tertiary/aromatic N) is 1. The maximum absolute atomic E-state index is 10.2. The third-order valence-electron chi connectivity index (χ3n) is 2.31. The van der Waals surface area contributed by atoms with Gasteiger partial charge < -0.3 is 5.11 Å². The molecule has 2 aromatic rings. The number of hydrogen-bond acceptors (Lipinski definition) is 2. The molecule has 0 amide bonds. The molecule has 17 heavy (non-hydrogen) atoms. The molecule has 1 aromatic carbocycles. The second kappa shape index (κ2) is 5.36. The molecule has 0 aliphatic carbocycles. The lowest BCUT2D eigenvalue weighted by Gasteiger charge is -2.12. The molecule has 0 saturated carbocycles. The van der Waals surface area contributed by atoms with Gasteiger partial charge in [-0.3, -0.25) is 4.98 Å². The van der Waals surface area contributed by atoms with Crippen molar-refractivity contribution in [3.8, 4) is 0 Å². The fourth-order valence-corrected chi connectivity index (χ4v) is 2.22. The van der Waals surface area contributed by atoms with Gasteiger partial charge in [-0.2, -0.15) is 0 Å². The number of benzene rings is 1. The highest BCUT2D eigenvalue weighted by Gasteiger charge is 2.15. The first kappa shape index (κ1) is 12.8. The maximum atomic E-state index is 10.2. The van der Waals surface area contributed by atoms with E-state index >= 15 is 0 Å². The minimum Gasteiger partial charge on any atom is -0.382 e. The Balaban J connectivity index is 2.40. The molecule has 0 aliphatic rings. The summed E-state index contributed by atoms with van der Waals surface area (Å²) in [6.07, 6.45) is 0.793. The van der Waals surface area contributed by atoms with Crippen molar-refractivity contribution in [1.29, 1.82) is 0 Å². The van der Waals surface area contributed by atoms with Crippen LogP contribution in [0, 0.1) is 0 Å². The van der Waals surface area contributed by atoms with Crippen LogP contribution >= 0.6 is 39.1 Å². The molecule has 1 N–H and O–H groups in total. The third-order valence-corrected chi connectivity index (χ3v) is 3.71. The average Bonchev–Trinajstić information content (AvgIpc) is 2.32. The van der Waals surface area contributed by atoms with Gasteiger partial charge in [0.15, 0.2) is 0 Å². The van der Waals surface area contributed by atoms with Crippen LogP contribution in [-0.4, -0.2) is 10.1 Å². The van der Waals surface area contributed by atoms with Gasteiger partial charge in [-0.25, -0.2) is 0 Å². The number of aliphatic hydroxyl groups is 1. The summed E-state index contributed by atoms with van der Waals surface area (Å²) < 4.78 is 0.749. The summed E-state index contributed by atoms with van der Waals surface area (Å²) in [4.78, 5) is 4.13. The van der Waals surface area contributed by atoms with E-state index in [0.717, 1.165) is 4.47 Å². The molecule has 1 aromatic heterocycles. The minimum atomic E-state index is -0.833. The molecule has 0 fully saturated rings. The lowest BCUT2D eigenvalue weighted by Crippen LogP contribution is -2.03. The van der Waals surface area contributed by atoms with E-state index in [1.807, 2.05) is 6.07 Å². The third kappa shape index (κ3) is 2.80. The second-order valence-electron chi connectivity index (χ2n) is 3.45. The van der Waals surface area contributed by atoms with Crippen LogP contribution in [0.15, 0.2) is 41.0 Å². The molecule has 2 rings (SSSR count). The van der Waals surface area contributed by atoms with Gasteiger partial charge in [0.1, 0.15) is 6.10 Å². The summed E-state index contributed by atoms with van der Waals surface area (Å²) in [7, 11) is 0. The summed E-state index contributed by atoms with van der Waals surface area (Å²) in [5.41, 5.74) is 1.20.